The number of esters is 1. The molecule has 5 nitrogen and oxygen atoms in total. The standard InChI is InChI=1S/C16H23NO4S/c1-12-6-4-5-7-14(12)21-10-8-15(18)17-13(9-11-22-3)16(19)20-2/h4-7,13H,8-11H2,1-3H3,(H,17,18)/t13-/m1/s1. The van der Waals surface area contributed by atoms with E-state index < -0.39 is 12.0 Å². The average molecular weight is 325 g/mol. The van der Waals surface area contributed by atoms with Crippen molar-refractivity contribution in [2.45, 2.75) is 25.8 Å². The van der Waals surface area contributed by atoms with Gasteiger partial charge >= 0.3 is 5.97 Å². The monoisotopic (exact) mass is 325 g/mol. The molecule has 0 aromatic heterocycles. The maximum absolute atomic E-state index is 11.9. The first-order valence-electron chi connectivity index (χ1n) is 7.13. The fourth-order valence-electron chi connectivity index (χ4n) is 1.87. The van der Waals surface area contributed by atoms with Crippen LogP contribution in [0.15, 0.2) is 24.3 Å². The van der Waals surface area contributed by atoms with Crippen LogP contribution in [0.3, 0.4) is 0 Å². The number of hydrogen-bond donors (Lipinski definition) is 1. The van der Waals surface area contributed by atoms with Crippen LogP contribution in [0.25, 0.3) is 0 Å². The molecule has 0 heterocycles. The Kier molecular flexibility index (Phi) is 8.43. The lowest BCUT2D eigenvalue weighted by Crippen LogP contribution is -2.42. The van der Waals surface area contributed by atoms with Crippen LogP contribution in [0.5, 0.6) is 5.75 Å². The summed E-state index contributed by atoms with van der Waals surface area (Å²) in [6.45, 7) is 2.22. The van der Waals surface area contributed by atoms with Gasteiger partial charge in [0, 0.05) is 0 Å². The van der Waals surface area contributed by atoms with Crippen molar-refractivity contribution in [1.82, 2.24) is 5.32 Å². The molecule has 0 unspecified atom stereocenters. The van der Waals surface area contributed by atoms with Crippen LogP contribution in [0.2, 0.25) is 0 Å². The number of aryl methyl sites for hydroxylation is 1. The van der Waals surface area contributed by atoms with Gasteiger partial charge in [0.05, 0.1) is 20.1 Å². The summed E-state index contributed by atoms with van der Waals surface area (Å²) in [5.74, 6) is 0.911. The van der Waals surface area contributed by atoms with Crippen LogP contribution < -0.4 is 10.1 Å². The Morgan fingerprint density at radius 3 is 2.68 bits per heavy atom. The molecule has 0 saturated heterocycles. The second-order valence-corrected chi connectivity index (χ2v) is 5.77. The number of para-hydroxylation sites is 1. The lowest BCUT2D eigenvalue weighted by molar-refractivity contribution is -0.145. The Morgan fingerprint density at radius 1 is 1.32 bits per heavy atom. The molecule has 0 fully saturated rings. The van der Waals surface area contributed by atoms with Crippen molar-refractivity contribution in [2.75, 3.05) is 25.7 Å². The van der Waals surface area contributed by atoms with Crippen LogP contribution in [-0.2, 0) is 14.3 Å². The zero-order chi connectivity index (χ0) is 16.4. The third kappa shape index (κ3) is 6.39. The van der Waals surface area contributed by atoms with E-state index in [-0.39, 0.29) is 18.9 Å². The first kappa shape index (κ1) is 18.4. The molecule has 1 rings (SSSR count). The third-order valence-corrected chi connectivity index (χ3v) is 3.76. The number of hydrogen-bond acceptors (Lipinski definition) is 5. The maximum atomic E-state index is 11.9. The summed E-state index contributed by atoms with van der Waals surface area (Å²) in [7, 11) is 1.32. The summed E-state index contributed by atoms with van der Waals surface area (Å²) in [6, 6.07) is 7.04. The smallest absolute Gasteiger partial charge is 0.328 e. The van der Waals surface area contributed by atoms with Crippen molar-refractivity contribution in [3.8, 4) is 5.75 Å². The summed E-state index contributed by atoms with van der Waals surface area (Å²) in [5, 5.41) is 2.70. The van der Waals surface area contributed by atoms with Gasteiger partial charge in [0.15, 0.2) is 0 Å². The normalized spacial score (nSPS) is 11.6. The molecule has 1 N–H and O–H groups in total. The Labute approximate surface area is 135 Å². The van der Waals surface area contributed by atoms with Crippen LogP contribution in [0.4, 0.5) is 0 Å². The fraction of sp³-hybridized carbons (Fsp3) is 0.500. The van der Waals surface area contributed by atoms with Crippen molar-refractivity contribution >= 4 is 23.6 Å². The van der Waals surface area contributed by atoms with E-state index in [4.69, 9.17) is 9.47 Å². The predicted octanol–water partition coefficient (Wildman–Crippen LogP) is 2.17. The number of rotatable bonds is 9. The first-order valence-corrected chi connectivity index (χ1v) is 8.52. The maximum Gasteiger partial charge on any atom is 0.328 e. The lowest BCUT2D eigenvalue weighted by atomic mass is 10.2. The molecule has 1 atom stereocenters. The molecule has 22 heavy (non-hydrogen) atoms. The van der Waals surface area contributed by atoms with Crippen molar-refractivity contribution in [3.63, 3.8) is 0 Å². The molecule has 6 heteroatoms. The topological polar surface area (TPSA) is 64.6 Å². The van der Waals surface area contributed by atoms with Gasteiger partial charge in [-0.05, 0) is 37.0 Å². The molecular weight excluding hydrogens is 302 g/mol. The molecule has 0 bridgehead atoms. The Bertz CT molecular complexity index is 493. The second kappa shape index (κ2) is 10.1. The van der Waals surface area contributed by atoms with Crippen molar-refractivity contribution in [2.24, 2.45) is 0 Å². The SMILES string of the molecule is COC(=O)[C@@H](CCSC)NC(=O)CCOc1ccccc1C. The molecule has 1 aromatic rings. The number of nitrogens with one attached hydrogen (secondary N) is 1. The largest absolute Gasteiger partial charge is 0.493 e. The number of methoxy groups -OCH3 is 1. The van der Waals surface area contributed by atoms with E-state index >= 15 is 0 Å². The van der Waals surface area contributed by atoms with Gasteiger partial charge in [0.25, 0.3) is 0 Å². The van der Waals surface area contributed by atoms with Crippen LogP contribution in [0, 0.1) is 6.92 Å². The third-order valence-electron chi connectivity index (χ3n) is 3.11. The van der Waals surface area contributed by atoms with E-state index in [2.05, 4.69) is 5.32 Å². The van der Waals surface area contributed by atoms with E-state index in [0.717, 1.165) is 17.1 Å². The molecule has 0 spiro atoms. The molecule has 0 aliphatic heterocycles. The van der Waals surface area contributed by atoms with E-state index in [1.54, 1.807) is 11.8 Å². The summed E-state index contributed by atoms with van der Waals surface area (Å²) in [4.78, 5) is 23.5. The Balaban J connectivity index is 2.40. The lowest BCUT2D eigenvalue weighted by Gasteiger charge is -2.16. The summed E-state index contributed by atoms with van der Waals surface area (Å²) in [5.41, 5.74) is 1.02. The molecular formula is C16H23NO4S. The van der Waals surface area contributed by atoms with Crippen molar-refractivity contribution in [1.29, 1.82) is 0 Å². The van der Waals surface area contributed by atoms with Gasteiger partial charge < -0.3 is 14.8 Å². The van der Waals surface area contributed by atoms with E-state index in [9.17, 15) is 9.59 Å². The van der Waals surface area contributed by atoms with Gasteiger partial charge in [-0.1, -0.05) is 18.2 Å². The second-order valence-electron chi connectivity index (χ2n) is 4.79. The van der Waals surface area contributed by atoms with Gasteiger partial charge in [0.1, 0.15) is 11.8 Å². The highest BCUT2D eigenvalue weighted by atomic mass is 32.2. The van der Waals surface area contributed by atoms with Gasteiger partial charge in [-0.3, -0.25) is 4.79 Å². The fourth-order valence-corrected chi connectivity index (χ4v) is 2.34. The molecule has 1 aromatic carbocycles. The predicted molar refractivity (Wildman–Crippen MR) is 88.2 cm³/mol. The molecule has 0 aliphatic carbocycles. The number of thioether (sulfide) groups is 1. The zero-order valence-corrected chi connectivity index (χ0v) is 14.1. The molecule has 0 aliphatic rings. The van der Waals surface area contributed by atoms with E-state index in [0.29, 0.717) is 6.42 Å². The van der Waals surface area contributed by atoms with Crippen LogP contribution in [-0.4, -0.2) is 43.6 Å². The van der Waals surface area contributed by atoms with Gasteiger partial charge in [-0.25, -0.2) is 4.79 Å². The molecule has 0 saturated carbocycles. The Hall–Kier alpha value is -1.69. The van der Waals surface area contributed by atoms with Gasteiger partial charge in [-0.2, -0.15) is 11.8 Å². The molecule has 122 valence electrons. The van der Waals surface area contributed by atoms with E-state index in [1.807, 2.05) is 37.4 Å². The molecule has 0 radical (unpaired) electrons. The number of benzene rings is 1. The highest BCUT2D eigenvalue weighted by Crippen LogP contribution is 2.16. The minimum atomic E-state index is -0.594. The van der Waals surface area contributed by atoms with E-state index in [1.165, 1.54) is 7.11 Å². The Morgan fingerprint density at radius 2 is 2.05 bits per heavy atom. The van der Waals surface area contributed by atoms with Gasteiger partial charge in [-0.15, -0.1) is 0 Å². The number of amides is 1. The first-order chi connectivity index (χ1) is 10.6. The number of carbonyl (C=O) groups is 2. The average Bonchev–Trinajstić information content (AvgIpc) is 2.52. The highest BCUT2D eigenvalue weighted by Gasteiger charge is 2.20. The molecule has 1 amide bonds. The number of ether oxygens (including phenoxy) is 2. The van der Waals surface area contributed by atoms with Crippen molar-refractivity contribution < 1.29 is 19.1 Å². The van der Waals surface area contributed by atoms with Crippen LogP contribution >= 0.6 is 11.8 Å². The van der Waals surface area contributed by atoms with Crippen LogP contribution in [0.1, 0.15) is 18.4 Å². The zero-order valence-electron chi connectivity index (χ0n) is 13.3. The minimum Gasteiger partial charge on any atom is -0.493 e. The quantitative estimate of drug-likeness (QED) is 0.705. The summed E-state index contributed by atoms with van der Waals surface area (Å²) < 4.78 is 10.3. The summed E-state index contributed by atoms with van der Waals surface area (Å²) >= 11 is 1.62. The summed E-state index contributed by atoms with van der Waals surface area (Å²) in [6.07, 6.45) is 2.70. The minimum absolute atomic E-state index is 0.196. The van der Waals surface area contributed by atoms with Gasteiger partial charge in [0.2, 0.25) is 5.91 Å². The number of carbonyl (C=O) groups excluding carboxylic acids is 2. The van der Waals surface area contributed by atoms with Crippen molar-refractivity contribution in [3.05, 3.63) is 29.8 Å². The highest BCUT2D eigenvalue weighted by molar-refractivity contribution is 7.98.